The number of halogens is 3. The Morgan fingerprint density at radius 2 is 2.00 bits per heavy atom. The van der Waals surface area contributed by atoms with Crippen LogP contribution in [0.2, 0.25) is 10.0 Å². The Hall–Kier alpha value is -0.170. The summed E-state index contributed by atoms with van der Waals surface area (Å²) in [6.07, 6.45) is 5.11. The maximum absolute atomic E-state index is 6.30. The Morgan fingerprint density at radius 1 is 1.28 bits per heavy atom. The highest BCUT2D eigenvalue weighted by Gasteiger charge is 2.27. The fraction of sp³-hybridized carbons (Fsp3) is 0.467. The van der Waals surface area contributed by atoms with Crippen molar-refractivity contribution in [2.24, 2.45) is 5.41 Å². The summed E-state index contributed by atoms with van der Waals surface area (Å²) >= 11 is 18.6. The van der Waals surface area contributed by atoms with Crippen molar-refractivity contribution < 1.29 is 0 Å². The molecule has 0 fully saturated rings. The van der Waals surface area contributed by atoms with Gasteiger partial charge in [-0.2, -0.15) is 0 Å². The van der Waals surface area contributed by atoms with E-state index in [9.17, 15) is 0 Å². The molecule has 0 nitrogen and oxygen atoms in total. The first-order chi connectivity index (χ1) is 8.37. The maximum atomic E-state index is 6.30. The lowest BCUT2D eigenvalue weighted by molar-refractivity contribution is 0.320. The molecule has 1 aliphatic carbocycles. The Labute approximate surface area is 124 Å². The van der Waals surface area contributed by atoms with Gasteiger partial charge in [-0.15, -0.1) is 11.6 Å². The Balaban J connectivity index is 2.21. The molecule has 1 atom stereocenters. The third-order valence-corrected chi connectivity index (χ3v) is 4.46. The molecule has 1 aromatic carbocycles. The summed E-state index contributed by atoms with van der Waals surface area (Å²) in [7, 11) is 0. The van der Waals surface area contributed by atoms with Crippen LogP contribution in [0.3, 0.4) is 0 Å². The third kappa shape index (κ3) is 3.44. The molecule has 0 N–H and O–H groups in total. The van der Waals surface area contributed by atoms with Crippen LogP contribution in [0, 0.1) is 5.41 Å². The van der Waals surface area contributed by atoms with Crippen molar-refractivity contribution in [3.8, 4) is 0 Å². The minimum Gasteiger partial charge on any atom is -0.118 e. The van der Waals surface area contributed by atoms with Crippen molar-refractivity contribution in [1.82, 2.24) is 0 Å². The number of alkyl halides is 1. The van der Waals surface area contributed by atoms with Gasteiger partial charge in [0.05, 0.1) is 15.4 Å². The SMILES string of the molecule is CC1(C)CC(Cc2cccc(Cl)c2Cl)=CC(Cl)C1. The predicted octanol–water partition coefficient (Wildman–Crippen LogP) is 5.89. The summed E-state index contributed by atoms with van der Waals surface area (Å²) in [5.74, 6) is 0. The number of hydrogen-bond acceptors (Lipinski definition) is 0. The monoisotopic (exact) mass is 302 g/mol. The molecule has 0 spiro atoms. The van der Waals surface area contributed by atoms with Crippen molar-refractivity contribution in [3.05, 3.63) is 45.5 Å². The van der Waals surface area contributed by atoms with E-state index in [1.807, 2.05) is 18.2 Å². The van der Waals surface area contributed by atoms with Gasteiger partial charge in [0.2, 0.25) is 0 Å². The number of rotatable bonds is 2. The lowest BCUT2D eigenvalue weighted by atomic mass is 9.76. The number of allylic oxidation sites excluding steroid dienone is 2. The van der Waals surface area contributed by atoms with E-state index < -0.39 is 0 Å². The van der Waals surface area contributed by atoms with Crippen LogP contribution in [0.25, 0.3) is 0 Å². The van der Waals surface area contributed by atoms with Gasteiger partial charge in [-0.25, -0.2) is 0 Å². The zero-order chi connectivity index (χ0) is 13.3. The highest BCUT2D eigenvalue weighted by molar-refractivity contribution is 6.42. The van der Waals surface area contributed by atoms with Crippen LogP contribution in [-0.4, -0.2) is 5.38 Å². The molecule has 1 unspecified atom stereocenters. The molecule has 98 valence electrons. The van der Waals surface area contributed by atoms with E-state index in [1.165, 1.54) is 5.57 Å². The minimum atomic E-state index is 0.127. The molecule has 0 saturated heterocycles. The molecule has 0 aliphatic heterocycles. The van der Waals surface area contributed by atoms with E-state index in [1.54, 1.807) is 0 Å². The second-order valence-electron chi connectivity index (χ2n) is 5.78. The Morgan fingerprint density at radius 3 is 2.67 bits per heavy atom. The molecule has 18 heavy (non-hydrogen) atoms. The van der Waals surface area contributed by atoms with Gasteiger partial charge in [0.25, 0.3) is 0 Å². The Kier molecular flexibility index (Phi) is 4.31. The minimum absolute atomic E-state index is 0.127. The fourth-order valence-corrected chi connectivity index (χ4v) is 3.62. The summed E-state index contributed by atoms with van der Waals surface area (Å²) in [4.78, 5) is 0. The van der Waals surface area contributed by atoms with Crippen molar-refractivity contribution in [1.29, 1.82) is 0 Å². The van der Waals surface area contributed by atoms with E-state index >= 15 is 0 Å². The van der Waals surface area contributed by atoms with E-state index in [0.717, 1.165) is 24.8 Å². The standard InChI is InChI=1S/C15H17Cl3/c1-15(2)8-10(7-12(16)9-15)6-11-4-3-5-13(17)14(11)18/h3-5,7,12H,6,8-9H2,1-2H3. The average Bonchev–Trinajstić information content (AvgIpc) is 2.22. The molecule has 1 aromatic rings. The van der Waals surface area contributed by atoms with Gasteiger partial charge in [0.1, 0.15) is 0 Å². The molecule has 0 saturated carbocycles. The zero-order valence-corrected chi connectivity index (χ0v) is 12.9. The van der Waals surface area contributed by atoms with Crippen molar-refractivity contribution in [2.45, 2.75) is 38.5 Å². The van der Waals surface area contributed by atoms with Gasteiger partial charge in [-0.1, -0.05) is 60.8 Å². The van der Waals surface area contributed by atoms with Crippen LogP contribution < -0.4 is 0 Å². The lowest BCUT2D eigenvalue weighted by Crippen LogP contribution is -2.22. The van der Waals surface area contributed by atoms with E-state index in [2.05, 4.69) is 19.9 Å². The highest BCUT2D eigenvalue weighted by atomic mass is 35.5. The molecular weight excluding hydrogens is 287 g/mol. The number of hydrogen-bond donors (Lipinski definition) is 0. The van der Waals surface area contributed by atoms with Gasteiger partial charge in [-0.3, -0.25) is 0 Å². The predicted molar refractivity (Wildman–Crippen MR) is 80.9 cm³/mol. The van der Waals surface area contributed by atoms with Gasteiger partial charge < -0.3 is 0 Å². The second kappa shape index (κ2) is 5.45. The molecule has 0 bridgehead atoms. The van der Waals surface area contributed by atoms with Gasteiger partial charge in [0.15, 0.2) is 0 Å². The maximum Gasteiger partial charge on any atom is 0.0627 e. The van der Waals surface area contributed by atoms with Crippen LogP contribution in [0.5, 0.6) is 0 Å². The summed E-state index contributed by atoms with van der Waals surface area (Å²) in [6, 6.07) is 5.78. The largest absolute Gasteiger partial charge is 0.118 e. The first-order valence-corrected chi connectivity index (χ1v) is 7.33. The van der Waals surface area contributed by atoms with Gasteiger partial charge >= 0.3 is 0 Å². The zero-order valence-electron chi connectivity index (χ0n) is 10.6. The molecule has 2 rings (SSSR count). The molecule has 0 heterocycles. The van der Waals surface area contributed by atoms with Crippen LogP contribution in [0.1, 0.15) is 32.3 Å². The summed E-state index contributed by atoms with van der Waals surface area (Å²) in [5.41, 5.74) is 2.70. The topological polar surface area (TPSA) is 0 Å². The summed E-state index contributed by atoms with van der Waals surface area (Å²) < 4.78 is 0. The van der Waals surface area contributed by atoms with E-state index in [0.29, 0.717) is 10.0 Å². The van der Waals surface area contributed by atoms with E-state index in [-0.39, 0.29) is 10.8 Å². The van der Waals surface area contributed by atoms with Crippen molar-refractivity contribution in [2.75, 3.05) is 0 Å². The number of benzene rings is 1. The van der Waals surface area contributed by atoms with Crippen molar-refractivity contribution in [3.63, 3.8) is 0 Å². The van der Waals surface area contributed by atoms with Crippen LogP contribution in [0.4, 0.5) is 0 Å². The second-order valence-corrected chi connectivity index (χ2v) is 7.12. The summed E-state index contributed by atoms with van der Waals surface area (Å²) in [5, 5.41) is 1.41. The van der Waals surface area contributed by atoms with Crippen LogP contribution in [-0.2, 0) is 6.42 Å². The average molecular weight is 304 g/mol. The molecule has 0 amide bonds. The van der Waals surface area contributed by atoms with Crippen molar-refractivity contribution >= 4 is 34.8 Å². The highest BCUT2D eigenvalue weighted by Crippen LogP contribution is 2.39. The lowest BCUT2D eigenvalue weighted by Gasteiger charge is -2.32. The third-order valence-electron chi connectivity index (χ3n) is 3.32. The molecule has 1 aliphatic rings. The first-order valence-electron chi connectivity index (χ1n) is 6.14. The smallest absolute Gasteiger partial charge is 0.0627 e. The molecule has 0 radical (unpaired) electrons. The fourth-order valence-electron chi connectivity index (χ4n) is 2.64. The molecular formula is C15H17Cl3. The van der Waals surface area contributed by atoms with Gasteiger partial charge in [-0.05, 0) is 36.3 Å². The van der Waals surface area contributed by atoms with Crippen LogP contribution in [0.15, 0.2) is 29.8 Å². The quantitative estimate of drug-likeness (QED) is 0.472. The first kappa shape index (κ1) is 14.2. The summed E-state index contributed by atoms with van der Waals surface area (Å²) in [6.45, 7) is 4.52. The normalized spacial score (nSPS) is 22.7. The molecule has 0 aromatic heterocycles. The van der Waals surface area contributed by atoms with E-state index in [4.69, 9.17) is 34.8 Å². The van der Waals surface area contributed by atoms with Crippen LogP contribution >= 0.6 is 34.8 Å². The molecule has 3 heteroatoms. The van der Waals surface area contributed by atoms with Gasteiger partial charge in [0, 0.05) is 0 Å². The Bertz CT molecular complexity index is 475.